The molecule has 0 amide bonds. The summed E-state index contributed by atoms with van der Waals surface area (Å²) in [5.41, 5.74) is 0. The summed E-state index contributed by atoms with van der Waals surface area (Å²) in [5.74, 6) is -3.33. The van der Waals surface area contributed by atoms with Gasteiger partial charge in [-0.2, -0.15) is 33.7 Å². The fraction of sp³-hybridized carbons (Fsp3) is 0.929. The molecule has 20 heavy (non-hydrogen) atoms. The molecule has 0 spiro atoms. The maximum atomic E-state index is 12.6. The van der Waals surface area contributed by atoms with Gasteiger partial charge < -0.3 is 0 Å². The topological polar surface area (TPSA) is 0 Å². The van der Waals surface area contributed by atoms with E-state index in [1.807, 2.05) is 0 Å². The number of hydrogen-bond acceptors (Lipinski definition) is 1. The van der Waals surface area contributed by atoms with Crippen molar-refractivity contribution in [3.8, 4) is 0 Å². The molecule has 0 rings (SSSR count). The molecule has 0 aliphatic carbocycles. The van der Waals surface area contributed by atoms with Crippen molar-refractivity contribution in [2.24, 2.45) is 0 Å². The van der Waals surface area contributed by atoms with Gasteiger partial charge in [0.1, 0.15) is 0 Å². The molecule has 0 saturated carbocycles. The summed E-state index contributed by atoms with van der Waals surface area (Å²) < 4.78 is 60.8. The van der Waals surface area contributed by atoms with Gasteiger partial charge in [-0.25, -0.2) is 0 Å². The molecule has 121 valence electrons. The van der Waals surface area contributed by atoms with Crippen molar-refractivity contribution in [3.63, 3.8) is 0 Å². The number of hydrogen-bond donors (Lipinski definition) is 0. The van der Waals surface area contributed by atoms with E-state index in [9.17, 15) is 22.0 Å². The highest BCUT2D eigenvalue weighted by Gasteiger charge is 2.56. The van der Waals surface area contributed by atoms with Crippen LogP contribution in [0.15, 0.2) is 0 Å². The molecule has 0 aliphatic rings. The predicted molar refractivity (Wildman–Crippen MR) is 75.2 cm³/mol. The van der Waals surface area contributed by atoms with E-state index in [4.69, 9.17) is 0 Å². The standard InChI is InChI=1S/C14H24F5S/c1-2-3-4-5-6-7-8-11-20-12-9-10-13(15,16)14(17,18)19/h1-12H2. The monoisotopic (exact) mass is 319 g/mol. The van der Waals surface area contributed by atoms with Gasteiger partial charge in [-0.15, -0.1) is 0 Å². The van der Waals surface area contributed by atoms with E-state index in [1.54, 1.807) is 0 Å². The fourth-order valence-corrected chi connectivity index (χ4v) is 2.69. The molecule has 0 aromatic heterocycles. The van der Waals surface area contributed by atoms with E-state index in [0.717, 1.165) is 37.9 Å². The summed E-state index contributed by atoms with van der Waals surface area (Å²) in [6.45, 7) is 3.77. The first-order chi connectivity index (χ1) is 9.31. The molecule has 0 N–H and O–H groups in total. The maximum absolute atomic E-state index is 12.6. The van der Waals surface area contributed by atoms with Crippen LogP contribution in [0.3, 0.4) is 0 Å². The van der Waals surface area contributed by atoms with E-state index in [1.165, 1.54) is 24.6 Å². The van der Waals surface area contributed by atoms with E-state index in [0.29, 0.717) is 5.75 Å². The minimum atomic E-state index is -5.41. The Hall–Kier alpha value is -0.0000000000000000555. The maximum Gasteiger partial charge on any atom is 0.453 e. The Kier molecular flexibility index (Phi) is 10.7. The summed E-state index contributed by atoms with van der Waals surface area (Å²) in [7, 11) is 0. The largest absolute Gasteiger partial charge is 0.453 e. The lowest BCUT2D eigenvalue weighted by atomic mass is 10.1. The van der Waals surface area contributed by atoms with Crippen molar-refractivity contribution in [1.29, 1.82) is 0 Å². The molecule has 6 heteroatoms. The van der Waals surface area contributed by atoms with E-state index >= 15 is 0 Å². The van der Waals surface area contributed by atoms with Gasteiger partial charge in [0.2, 0.25) is 0 Å². The van der Waals surface area contributed by atoms with Gasteiger partial charge in [0.25, 0.3) is 0 Å². The molecule has 0 saturated heterocycles. The average Bonchev–Trinajstić information content (AvgIpc) is 2.34. The van der Waals surface area contributed by atoms with Crippen LogP contribution in [0, 0.1) is 6.92 Å². The summed E-state index contributed by atoms with van der Waals surface area (Å²) in [4.78, 5) is 0. The van der Waals surface area contributed by atoms with Gasteiger partial charge >= 0.3 is 12.1 Å². The zero-order chi connectivity index (χ0) is 15.5. The van der Waals surface area contributed by atoms with E-state index in [2.05, 4.69) is 6.92 Å². The molecule has 0 aromatic carbocycles. The highest BCUT2D eigenvalue weighted by Crippen LogP contribution is 2.39. The minimum absolute atomic E-state index is 0.0966. The molecule has 0 atom stereocenters. The van der Waals surface area contributed by atoms with Crippen molar-refractivity contribution in [3.05, 3.63) is 6.92 Å². The zero-order valence-corrected chi connectivity index (χ0v) is 12.6. The molecule has 0 aliphatic heterocycles. The summed E-state index contributed by atoms with van der Waals surface area (Å²) in [6, 6.07) is 0. The molecular weight excluding hydrogens is 295 g/mol. The second-order valence-corrected chi connectivity index (χ2v) is 6.12. The Bertz CT molecular complexity index is 228. The van der Waals surface area contributed by atoms with E-state index < -0.39 is 18.5 Å². The second kappa shape index (κ2) is 10.7. The van der Waals surface area contributed by atoms with Crippen molar-refractivity contribution in [2.45, 2.75) is 69.9 Å². The molecule has 0 bridgehead atoms. The summed E-state index contributed by atoms with van der Waals surface area (Å²) in [5, 5.41) is 0. The smallest absolute Gasteiger partial charge is 0.196 e. The van der Waals surface area contributed by atoms with Crippen molar-refractivity contribution in [1.82, 2.24) is 0 Å². The SMILES string of the molecule is [CH2]CCCCCCCCSCCCC(F)(F)C(F)(F)F. The quantitative estimate of drug-likeness (QED) is 0.302. The Morgan fingerprint density at radius 1 is 0.700 bits per heavy atom. The molecule has 0 nitrogen and oxygen atoms in total. The summed E-state index contributed by atoms with van der Waals surface area (Å²) >= 11 is 1.46. The Labute approximate surface area is 122 Å². The summed E-state index contributed by atoms with van der Waals surface area (Å²) in [6.07, 6.45) is 1.17. The molecule has 0 aromatic rings. The minimum Gasteiger partial charge on any atom is -0.196 e. The number of alkyl halides is 5. The van der Waals surface area contributed by atoms with Crippen LogP contribution in [0.2, 0.25) is 0 Å². The van der Waals surface area contributed by atoms with Gasteiger partial charge in [-0.05, 0) is 24.3 Å². The number of unbranched alkanes of at least 4 members (excludes halogenated alkanes) is 6. The number of thioether (sulfide) groups is 1. The molecule has 1 radical (unpaired) electrons. The number of rotatable bonds is 12. The highest BCUT2D eigenvalue weighted by atomic mass is 32.2. The molecular formula is C14H24F5S. The lowest BCUT2D eigenvalue weighted by molar-refractivity contribution is -0.284. The first kappa shape index (κ1) is 20.0. The van der Waals surface area contributed by atoms with Crippen molar-refractivity contribution >= 4 is 11.8 Å². The third-order valence-electron chi connectivity index (χ3n) is 2.98. The molecule has 0 unspecified atom stereocenters. The van der Waals surface area contributed by atoms with Crippen LogP contribution < -0.4 is 0 Å². The van der Waals surface area contributed by atoms with Crippen LogP contribution in [-0.4, -0.2) is 23.6 Å². The van der Waals surface area contributed by atoms with Crippen molar-refractivity contribution in [2.75, 3.05) is 11.5 Å². The highest BCUT2D eigenvalue weighted by molar-refractivity contribution is 7.99. The second-order valence-electron chi connectivity index (χ2n) is 4.89. The third-order valence-corrected chi connectivity index (χ3v) is 4.14. The lowest BCUT2D eigenvalue weighted by Gasteiger charge is -2.19. The number of halogens is 5. The first-order valence-corrected chi connectivity index (χ1v) is 8.28. The lowest BCUT2D eigenvalue weighted by Crippen LogP contribution is -2.36. The van der Waals surface area contributed by atoms with Crippen LogP contribution in [0.4, 0.5) is 22.0 Å². The van der Waals surface area contributed by atoms with Crippen LogP contribution in [-0.2, 0) is 0 Å². The van der Waals surface area contributed by atoms with E-state index in [-0.39, 0.29) is 6.42 Å². The van der Waals surface area contributed by atoms with Crippen molar-refractivity contribution < 1.29 is 22.0 Å². The molecule has 0 heterocycles. The normalized spacial score (nSPS) is 12.9. The molecule has 0 fully saturated rings. The first-order valence-electron chi connectivity index (χ1n) is 7.13. The van der Waals surface area contributed by atoms with Crippen LogP contribution >= 0.6 is 11.8 Å². The van der Waals surface area contributed by atoms with Gasteiger partial charge in [-0.1, -0.05) is 45.4 Å². The van der Waals surface area contributed by atoms with Crippen LogP contribution in [0.25, 0.3) is 0 Å². The van der Waals surface area contributed by atoms with Crippen LogP contribution in [0.1, 0.15) is 57.8 Å². The van der Waals surface area contributed by atoms with Gasteiger partial charge in [0.15, 0.2) is 0 Å². The van der Waals surface area contributed by atoms with Crippen LogP contribution in [0.5, 0.6) is 0 Å². The zero-order valence-electron chi connectivity index (χ0n) is 11.8. The third kappa shape index (κ3) is 9.83. The van der Waals surface area contributed by atoms with Gasteiger partial charge in [0.05, 0.1) is 0 Å². The predicted octanol–water partition coefficient (Wildman–Crippen LogP) is 6.26. The fourth-order valence-electron chi connectivity index (χ4n) is 1.73. The van der Waals surface area contributed by atoms with Gasteiger partial charge in [0, 0.05) is 6.42 Å². The Morgan fingerprint density at radius 2 is 1.20 bits per heavy atom. The van der Waals surface area contributed by atoms with Gasteiger partial charge in [-0.3, -0.25) is 0 Å². The average molecular weight is 319 g/mol. The Balaban J connectivity index is 3.33. The Morgan fingerprint density at radius 3 is 1.75 bits per heavy atom.